The van der Waals surface area contributed by atoms with E-state index in [2.05, 4.69) is 36.6 Å². The summed E-state index contributed by atoms with van der Waals surface area (Å²) in [5, 5.41) is 6.47. The van der Waals surface area contributed by atoms with Gasteiger partial charge in [-0.2, -0.15) is 0 Å². The van der Waals surface area contributed by atoms with Crippen molar-refractivity contribution >= 4 is 40.0 Å². The molecular formula is C29H33N3O2S. The van der Waals surface area contributed by atoms with E-state index in [1.54, 1.807) is 0 Å². The van der Waals surface area contributed by atoms with Crippen molar-refractivity contribution in [1.29, 1.82) is 0 Å². The van der Waals surface area contributed by atoms with Gasteiger partial charge in [-0.3, -0.25) is 4.79 Å². The molecule has 0 radical (unpaired) electrons. The number of amides is 1. The highest BCUT2D eigenvalue weighted by atomic mass is 32.1. The Morgan fingerprint density at radius 2 is 1.80 bits per heavy atom. The van der Waals surface area contributed by atoms with Crippen molar-refractivity contribution in [2.45, 2.75) is 64.7 Å². The standard InChI is InChI=1S/C29H33N3O2S/c1-17(2)21-6-7-25-24(12-21)31-27(34-25)22-4-3-5-23(11-22)30-28(35)32-26(33)16-29-13-18-8-19(14-29)10-20(9-18)15-29/h3-7,11-12,17-20H,8-10,13-16H2,1-2H3,(H2,30,32,33,35). The highest BCUT2D eigenvalue weighted by molar-refractivity contribution is 7.80. The fourth-order valence-corrected chi connectivity index (χ4v) is 7.57. The maximum Gasteiger partial charge on any atom is 0.227 e. The molecule has 1 aromatic heterocycles. The highest BCUT2D eigenvalue weighted by Gasteiger charge is 2.51. The first-order valence-corrected chi connectivity index (χ1v) is 13.4. The third-order valence-corrected chi connectivity index (χ3v) is 8.60. The van der Waals surface area contributed by atoms with Crippen LogP contribution in [0.25, 0.3) is 22.6 Å². The second-order valence-electron chi connectivity index (χ2n) is 11.6. The highest BCUT2D eigenvalue weighted by Crippen LogP contribution is 2.61. The lowest BCUT2D eigenvalue weighted by Crippen LogP contribution is -2.48. The van der Waals surface area contributed by atoms with E-state index in [-0.39, 0.29) is 11.3 Å². The number of nitrogens with zero attached hydrogens (tertiary/aromatic N) is 1. The van der Waals surface area contributed by atoms with Crippen LogP contribution >= 0.6 is 12.2 Å². The number of fused-ring (bicyclic) bond motifs is 1. The van der Waals surface area contributed by atoms with Crippen LogP contribution in [-0.2, 0) is 4.79 Å². The number of benzene rings is 2. The largest absolute Gasteiger partial charge is 0.436 e. The topological polar surface area (TPSA) is 67.2 Å². The van der Waals surface area contributed by atoms with Gasteiger partial charge in [0.05, 0.1) is 0 Å². The third-order valence-electron chi connectivity index (χ3n) is 8.40. The summed E-state index contributed by atoms with van der Waals surface area (Å²) in [6.45, 7) is 4.34. The van der Waals surface area contributed by atoms with E-state index in [1.165, 1.54) is 44.1 Å². The van der Waals surface area contributed by atoms with Crippen LogP contribution in [0.2, 0.25) is 0 Å². The normalized spacial score (nSPS) is 26.9. The zero-order valence-corrected chi connectivity index (χ0v) is 21.3. The molecule has 3 aromatic rings. The molecule has 0 unspecified atom stereocenters. The van der Waals surface area contributed by atoms with Gasteiger partial charge < -0.3 is 15.1 Å². The van der Waals surface area contributed by atoms with Gasteiger partial charge in [0.1, 0.15) is 5.52 Å². The number of thiocarbonyl (C=S) groups is 1. The van der Waals surface area contributed by atoms with Crippen molar-refractivity contribution in [3.8, 4) is 11.5 Å². The lowest BCUT2D eigenvalue weighted by molar-refractivity contribution is -0.127. The fourth-order valence-electron chi connectivity index (χ4n) is 7.34. The molecule has 35 heavy (non-hydrogen) atoms. The summed E-state index contributed by atoms with van der Waals surface area (Å²) >= 11 is 5.49. The molecule has 0 spiro atoms. The average molecular weight is 488 g/mol. The van der Waals surface area contributed by atoms with Gasteiger partial charge in [-0.15, -0.1) is 0 Å². The Bertz CT molecular complexity index is 1260. The second kappa shape index (κ2) is 8.74. The molecule has 4 bridgehead atoms. The average Bonchev–Trinajstić information content (AvgIpc) is 3.21. The van der Waals surface area contributed by atoms with Gasteiger partial charge in [-0.1, -0.05) is 26.0 Å². The minimum absolute atomic E-state index is 0.0421. The summed E-state index contributed by atoms with van der Waals surface area (Å²) in [6, 6.07) is 13.9. The molecule has 2 aromatic carbocycles. The molecule has 4 fully saturated rings. The lowest BCUT2D eigenvalue weighted by Gasteiger charge is -2.56. The Labute approximate surface area is 212 Å². The first-order chi connectivity index (χ1) is 16.8. The molecule has 0 atom stereocenters. The molecule has 0 saturated heterocycles. The summed E-state index contributed by atoms with van der Waals surface area (Å²) in [5.74, 6) is 3.56. The minimum atomic E-state index is 0.0421. The van der Waals surface area contributed by atoms with E-state index in [1.807, 2.05) is 30.3 Å². The third kappa shape index (κ3) is 4.61. The molecular weight excluding hydrogens is 454 g/mol. The molecule has 2 N–H and O–H groups in total. The maximum absolute atomic E-state index is 12.9. The van der Waals surface area contributed by atoms with Crippen LogP contribution < -0.4 is 10.6 Å². The fraction of sp³-hybridized carbons (Fsp3) is 0.483. The number of oxazole rings is 1. The van der Waals surface area contributed by atoms with Crippen molar-refractivity contribution in [2.24, 2.45) is 23.2 Å². The first kappa shape index (κ1) is 22.7. The molecule has 5 nitrogen and oxygen atoms in total. The smallest absolute Gasteiger partial charge is 0.227 e. The number of carbonyl (C=O) groups excluding carboxylic acids is 1. The van der Waals surface area contributed by atoms with Gasteiger partial charge in [0.15, 0.2) is 10.7 Å². The molecule has 6 heteroatoms. The van der Waals surface area contributed by atoms with Gasteiger partial charge >= 0.3 is 0 Å². The number of nitrogens with one attached hydrogen (secondary N) is 2. The van der Waals surface area contributed by atoms with Crippen LogP contribution in [0.4, 0.5) is 5.69 Å². The lowest BCUT2D eigenvalue weighted by atomic mass is 9.49. The van der Waals surface area contributed by atoms with Gasteiger partial charge in [0.2, 0.25) is 11.8 Å². The monoisotopic (exact) mass is 487 g/mol. The van der Waals surface area contributed by atoms with Crippen LogP contribution in [0, 0.1) is 23.2 Å². The molecule has 4 aliphatic rings. The van der Waals surface area contributed by atoms with Crippen molar-refractivity contribution in [3.05, 3.63) is 48.0 Å². The Kier molecular flexibility index (Phi) is 5.67. The molecule has 0 aliphatic heterocycles. The number of hydrogen-bond donors (Lipinski definition) is 2. The Morgan fingerprint density at radius 3 is 2.49 bits per heavy atom. The molecule has 7 rings (SSSR count). The van der Waals surface area contributed by atoms with Crippen molar-refractivity contribution in [2.75, 3.05) is 5.32 Å². The molecule has 4 saturated carbocycles. The van der Waals surface area contributed by atoms with E-state index >= 15 is 0 Å². The quantitative estimate of drug-likeness (QED) is 0.378. The van der Waals surface area contributed by atoms with Crippen LogP contribution in [0.1, 0.15) is 70.3 Å². The van der Waals surface area contributed by atoms with Gasteiger partial charge in [-0.25, -0.2) is 4.98 Å². The maximum atomic E-state index is 12.9. The first-order valence-electron chi connectivity index (χ1n) is 13.0. The zero-order chi connectivity index (χ0) is 24.2. The van der Waals surface area contributed by atoms with Crippen molar-refractivity contribution in [1.82, 2.24) is 10.3 Å². The summed E-state index contributed by atoms with van der Waals surface area (Å²) in [4.78, 5) is 17.6. The predicted molar refractivity (Wildman–Crippen MR) is 143 cm³/mol. The molecule has 4 aliphatic carbocycles. The van der Waals surface area contributed by atoms with Crippen molar-refractivity contribution < 1.29 is 9.21 Å². The van der Waals surface area contributed by atoms with E-state index in [4.69, 9.17) is 21.6 Å². The summed E-state index contributed by atoms with van der Waals surface area (Å²) in [7, 11) is 0. The second-order valence-corrected chi connectivity index (χ2v) is 12.0. The van der Waals surface area contributed by atoms with E-state index in [0.29, 0.717) is 23.3 Å². The van der Waals surface area contributed by atoms with Crippen LogP contribution in [-0.4, -0.2) is 16.0 Å². The molecule has 1 heterocycles. The molecule has 182 valence electrons. The van der Waals surface area contributed by atoms with Crippen LogP contribution in [0.5, 0.6) is 0 Å². The number of rotatable bonds is 5. The SMILES string of the molecule is CC(C)c1ccc2oc(-c3cccc(NC(=S)NC(=O)CC45CC6CC(CC(C6)C4)C5)c3)nc2c1. The van der Waals surface area contributed by atoms with E-state index in [9.17, 15) is 4.79 Å². The number of carbonyl (C=O) groups is 1. The number of hydrogen-bond acceptors (Lipinski definition) is 4. The van der Waals surface area contributed by atoms with Crippen LogP contribution in [0.15, 0.2) is 46.9 Å². The summed E-state index contributed by atoms with van der Waals surface area (Å²) in [6.07, 6.45) is 8.41. The van der Waals surface area contributed by atoms with E-state index in [0.717, 1.165) is 40.1 Å². The number of anilines is 1. The predicted octanol–water partition coefficient (Wildman–Crippen LogP) is 7.04. The Balaban J connectivity index is 1.11. The van der Waals surface area contributed by atoms with Gasteiger partial charge in [0, 0.05) is 17.7 Å². The Morgan fingerprint density at radius 1 is 1.09 bits per heavy atom. The van der Waals surface area contributed by atoms with Gasteiger partial charge in [-0.05, 0) is 116 Å². The summed E-state index contributed by atoms with van der Waals surface area (Å²) in [5.41, 5.74) is 4.74. The van der Waals surface area contributed by atoms with Crippen molar-refractivity contribution in [3.63, 3.8) is 0 Å². The summed E-state index contributed by atoms with van der Waals surface area (Å²) < 4.78 is 6.01. The van der Waals surface area contributed by atoms with E-state index < -0.39 is 0 Å². The zero-order valence-electron chi connectivity index (χ0n) is 20.5. The van der Waals surface area contributed by atoms with Gasteiger partial charge in [0.25, 0.3) is 0 Å². The Hall–Kier alpha value is -2.73. The number of aromatic nitrogens is 1. The molecule has 1 amide bonds. The van der Waals surface area contributed by atoms with Crippen LogP contribution in [0.3, 0.4) is 0 Å². The minimum Gasteiger partial charge on any atom is -0.436 e.